The SMILES string of the molecule is Cc1cc(Br)ccc1C(=O)Nc1ncccc1Br. The molecule has 1 N–H and O–H groups in total. The molecule has 0 aliphatic heterocycles. The van der Waals surface area contributed by atoms with Crippen LogP contribution in [0.4, 0.5) is 5.82 Å². The van der Waals surface area contributed by atoms with Crippen LogP contribution >= 0.6 is 31.9 Å². The van der Waals surface area contributed by atoms with Crippen molar-refractivity contribution < 1.29 is 4.79 Å². The Labute approximate surface area is 122 Å². The van der Waals surface area contributed by atoms with E-state index in [1.807, 2.05) is 25.1 Å². The van der Waals surface area contributed by atoms with Gasteiger partial charge in [0.1, 0.15) is 5.82 Å². The van der Waals surface area contributed by atoms with Crippen molar-refractivity contribution in [3.63, 3.8) is 0 Å². The van der Waals surface area contributed by atoms with Crippen molar-refractivity contribution in [2.45, 2.75) is 6.92 Å². The maximum Gasteiger partial charge on any atom is 0.257 e. The van der Waals surface area contributed by atoms with E-state index in [-0.39, 0.29) is 5.91 Å². The zero-order valence-corrected chi connectivity index (χ0v) is 12.7. The number of rotatable bonds is 2. The first-order valence-electron chi connectivity index (χ1n) is 5.26. The maximum absolute atomic E-state index is 12.1. The predicted octanol–water partition coefficient (Wildman–Crippen LogP) is 4.17. The third kappa shape index (κ3) is 2.97. The van der Waals surface area contributed by atoms with Gasteiger partial charge in [-0.2, -0.15) is 0 Å². The normalized spacial score (nSPS) is 10.2. The average molecular weight is 370 g/mol. The second-order valence-electron chi connectivity index (χ2n) is 3.75. The fourth-order valence-corrected chi connectivity index (χ4v) is 2.36. The van der Waals surface area contributed by atoms with Crippen LogP contribution in [0.3, 0.4) is 0 Å². The minimum absolute atomic E-state index is 0.167. The summed E-state index contributed by atoms with van der Waals surface area (Å²) >= 11 is 6.72. The number of benzene rings is 1. The number of aromatic nitrogens is 1. The summed E-state index contributed by atoms with van der Waals surface area (Å²) in [5, 5.41) is 2.77. The molecule has 2 rings (SSSR count). The third-order valence-corrected chi connectivity index (χ3v) is 3.56. The Morgan fingerprint density at radius 2 is 2.06 bits per heavy atom. The van der Waals surface area contributed by atoms with Crippen molar-refractivity contribution in [2.24, 2.45) is 0 Å². The number of carbonyl (C=O) groups is 1. The van der Waals surface area contributed by atoms with Gasteiger partial charge < -0.3 is 5.32 Å². The zero-order chi connectivity index (χ0) is 13.1. The van der Waals surface area contributed by atoms with Crippen molar-refractivity contribution in [3.8, 4) is 0 Å². The second-order valence-corrected chi connectivity index (χ2v) is 5.52. The molecule has 3 nitrogen and oxygen atoms in total. The molecule has 0 saturated carbocycles. The summed E-state index contributed by atoms with van der Waals surface area (Å²) in [4.78, 5) is 16.2. The highest BCUT2D eigenvalue weighted by Gasteiger charge is 2.11. The Morgan fingerprint density at radius 1 is 1.28 bits per heavy atom. The summed E-state index contributed by atoms with van der Waals surface area (Å²) in [6.45, 7) is 1.90. The molecule has 1 amide bonds. The van der Waals surface area contributed by atoms with E-state index in [2.05, 4.69) is 42.2 Å². The molecular weight excluding hydrogens is 360 g/mol. The summed E-state index contributed by atoms with van der Waals surface area (Å²) in [5.41, 5.74) is 1.55. The first-order valence-corrected chi connectivity index (χ1v) is 6.84. The lowest BCUT2D eigenvalue weighted by atomic mass is 10.1. The Balaban J connectivity index is 2.25. The van der Waals surface area contributed by atoms with E-state index in [1.54, 1.807) is 18.3 Å². The van der Waals surface area contributed by atoms with Gasteiger partial charge in [0, 0.05) is 16.2 Å². The van der Waals surface area contributed by atoms with Crippen LogP contribution in [0.25, 0.3) is 0 Å². The van der Waals surface area contributed by atoms with E-state index >= 15 is 0 Å². The maximum atomic E-state index is 12.1. The highest BCUT2D eigenvalue weighted by atomic mass is 79.9. The lowest BCUT2D eigenvalue weighted by Crippen LogP contribution is -2.14. The van der Waals surface area contributed by atoms with Crippen molar-refractivity contribution in [1.29, 1.82) is 0 Å². The van der Waals surface area contributed by atoms with Crippen LogP contribution in [-0.2, 0) is 0 Å². The molecule has 2 aromatic rings. The molecule has 0 saturated heterocycles. The van der Waals surface area contributed by atoms with Gasteiger partial charge in [0.15, 0.2) is 0 Å². The van der Waals surface area contributed by atoms with E-state index in [4.69, 9.17) is 0 Å². The number of anilines is 1. The summed E-state index contributed by atoms with van der Waals surface area (Å²) in [6, 6.07) is 9.16. The number of amides is 1. The lowest BCUT2D eigenvalue weighted by molar-refractivity contribution is 0.102. The number of aryl methyl sites for hydroxylation is 1. The van der Waals surface area contributed by atoms with E-state index in [0.717, 1.165) is 14.5 Å². The molecule has 1 heterocycles. The van der Waals surface area contributed by atoms with Gasteiger partial charge in [0.2, 0.25) is 0 Å². The topological polar surface area (TPSA) is 42.0 Å². The summed E-state index contributed by atoms with van der Waals surface area (Å²) in [7, 11) is 0. The fraction of sp³-hybridized carbons (Fsp3) is 0.0769. The van der Waals surface area contributed by atoms with Crippen molar-refractivity contribution >= 4 is 43.6 Å². The number of hydrogen-bond acceptors (Lipinski definition) is 2. The number of hydrogen-bond donors (Lipinski definition) is 1. The number of carbonyl (C=O) groups excluding carboxylic acids is 1. The lowest BCUT2D eigenvalue weighted by Gasteiger charge is -2.08. The minimum atomic E-state index is -0.167. The highest BCUT2D eigenvalue weighted by molar-refractivity contribution is 9.10. The molecule has 0 fully saturated rings. The standard InChI is InChI=1S/C13H10Br2N2O/c1-8-7-9(14)4-5-10(8)13(18)17-12-11(15)3-2-6-16-12/h2-7H,1H3,(H,16,17,18). The molecular formula is C13H10Br2N2O. The molecule has 0 aliphatic carbocycles. The van der Waals surface area contributed by atoms with Gasteiger partial charge in [-0.25, -0.2) is 4.98 Å². The Bertz CT molecular complexity index is 599. The van der Waals surface area contributed by atoms with E-state index < -0.39 is 0 Å². The molecule has 92 valence electrons. The van der Waals surface area contributed by atoms with Crippen LogP contribution in [0.2, 0.25) is 0 Å². The predicted molar refractivity (Wildman–Crippen MR) is 78.8 cm³/mol. The van der Waals surface area contributed by atoms with Gasteiger partial charge in [-0.1, -0.05) is 15.9 Å². The van der Waals surface area contributed by atoms with Crippen LogP contribution in [0, 0.1) is 6.92 Å². The molecule has 0 unspecified atom stereocenters. The van der Waals surface area contributed by atoms with Crippen LogP contribution in [0.15, 0.2) is 45.5 Å². The molecule has 5 heteroatoms. The summed E-state index contributed by atoms with van der Waals surface area (Å²) < 4.78 is 1.71. The van der Waals surface area contributed by atoms with E-state index in [1.165, 1.54) is 0 Å². The van der Waals surface area contributed by atoms with E-state index in [0.29, 0.717) is 11.4 Å². The number of pyridine rings is 1. The third-order valence-electron chi connectivity index (χ3n) is 2.42. The van der Waals surface area contributed by atoms with Crippen LogP contribution in [0.1, 0.15) is 15.9 Å². The minimum Gasteiger partial charge on any atom is -0.306 e. The van der Waals surface area contributed by atoms with Crippen LogP contribution in [0.5, 0.6) is 0 Å². The Morgan fingerprint density at radius 3 is 2.72 bits per heavy atom. The van der Waals surface area contributed by atoms with Gasteiger partial charge in [-0.15, -0.1) is 0 Å². The molecule has 0 bridgehead atoms. The van der Waals surface area contributed by atoms with Gasteiger partial charge in [0.25, 0.3) is 5.91 Å². The first-order chi connectivity index (χ1) is 8.58. The summed E-state index contributed by atoms with van der Waals surface area (Å²) in [6.07, 6.45) is 1.63. The quantitative estimate of drug-likeness (QED) is 0.863. The second kappa shape index (κ2) is 5.63. The van der Waals surface area contributed by atoms with Gasteiger partial charge in [-0.3, -0.25) is 4.79 Å². The monoisotopic (exact) mass is 368 g/mol. The molecule has 18 heavy (non-hydrogen) atoms. The molecule has 0 spiro atoms. The molecule has 0 radical (unpaired) electrons. The molecule has 1 aromatic heterocycles. The zero-order valence-electron chi connectivity index (χ0n) is 9.58. The average Bonchev–Trinajstić information content (AvgIpc) is 2.32. The smallest absolute Gasteiger partial charge is 0.257 e. The highest BCUT2D eigenvalue weighted by Crippen LogP contribution is 2.21. The van der Waals surface area contributed by atoms with Crippen molar-refractivity contribution in [2.75, 3.05) is 5.32 Å². The van der Waals surface area contributed by atoms with Gasteiger partial charge in [-0.05, 0) is 58.7 Å². The first kappa shape index (κ1) is 13.2. The Hall–Kier alpha value is -1.20. The van der Waals surface area contributed by atoms with Crippen LogP contribution in [-0.4, -0.2) is 10.9 Å². The van der Waals surface area contributed by atoms with Gasteiger partial charge in [0.05, 0.1) is 4.47 Å². The summed E-state index contributed by atoms with van der Waals surface area (Å²) in [5.74, 6) is 0.351. The van der Waals surface area contributed by atoms with Gasteiger partial charge >= 0.3 is 0 Å². The molecule has 1 aromatic carbocycles. The van der Waals surface area contributed by atoms with Crippen molar-refractivity contribution in [3.05, 3.63) is 56.6 Å². The molecule has 0 aliphatic rings. The number of nitrogens with one attached hydrogen (secondary N) is 1. The van der Waals surface area contributed by atoms with Crippen LogP contribution < -0.4 is 5.32 Å². The number of nitrogens with zero attached hydrogens (tertiary/aromatic N) is 1. The largest absolute Gasteiger partial charge is 0.306 e. The number of halogens is 2. The fourth-order valence-electron chi connectivity index (χ4n) is 1.53. The van der Waals surface area contributed by atoms with E-state index in [9.17, 15) is 4.79 Å². The van der Waals surface area contributed by atoms with Crippen molar-refractivity contribution in [1.82, 2.24) is 4.98 Å². The molecule has 0 atom stereocenters. The Kier molecular flexibility index (Phi) is 4.14.